The SMILES string of the molecule is NC(=O)C1(C(Cc2ccccc2)NC(=O)c2cccnc2-n2ccc(-c3cc(F)cc(F)c3)n2)OCCO1. The van der Waals surface area contributed by atoms with Crippen molar-refractivity contribution in [3.63, 3.8) is 0 Å². The molecule has 38 heavy (non-hydrogen) atoms. The van der Waals surface area contributed by atoms with Gasteiger partial charge >= 0.3 is 0 Å². The Balaban J connectivity index is 1.47. The number of pyridine rings is 1. The van der Waals surface area contributed by atoms with Crippen LogP contribution in [0.2, 0.25) is 0 Å². The van der Waals surface area contributed by atoms with E-state index in [1.54, 1.807) is 12.1 Å². The highest BCUT2D eigenvalue weighted by molar-refractivity contribution is 5.98. The number of nitrogens with two attached hydrogens (primary N) is 1. The zero-order valence-electron chi connectivity index (χ0n) is 20.0. The number of nitrogens with one attached hydrogen (secondary N) is 1. The summed E-state index contributed by atoms with van der Waals surface area (Å²) in [6.45, 7) is 0.276. The number of primary amides is 1. The molecule has 2 amide bonds. The van der Waals surface area contributed by atoms with Crippen LogP contribution in [-0.2, 0) is 20.7 Å². The maximum Gasteiger partial charge on any atom is 0.280 e. The molecule has 5 rings (SSSR count). The van der Waals surface area contributed by atoms with Gasteiger partial charge in [0.05, 0.1) is 30.5 Å². The van der Waals surface area contributed by atoms with Crippen molar-refractivity contribution in [2.75, 3.05) is 13.2 Å². The van der Waals surface area contributed by atoms with Gasteiger partial charge in [0.25, 0.3) is 17.6 Å². The summed E-state index contributed by atoms with van der Waals surface area (Å²) in [6, 6.07) is 16.0. The van der Waals surface area contributed by atoms with E-state index in [1.165, 1.54) is 23.1 Å². The Kier molecular flexibility index (Phi) is 6.95. The number of benzene rings is 2. The molecular weight excluding hydrogens is 496 g/mol. The van der Waals surface area contributed by atoms with E-state index >= 15 is 0 Å². The lowest BCUT2D eigenvalue weighted by Crippen LogP contribution is -2.61. The highest BCUT2D eigenvalue weighted by Gasteiger charge is 2.51. The van der Waals surface area contributed by atoms with Crippen LogP contribution in [0.1, 0.15) is 15.9 Å². The van der Waals surface area contributed by atoms with Crippen molar-refractivity contribution in [2.45, 2.75) is 18.2 Å². The molecule has 1 aliphatic rings. The second kappa shape index (κ2) is 10.5. The second-order valence-corrected chi connectivity index (χ2v) is 8.62. The van der Waals surface area contributed by atoms with E-state index in [2.05, 4.69) is 15.4 Å². The predicted molar refractivity (Wildman–Crippen MR) is 132 cm³/mol. The van der Waals surface area contributed by atoms with Gasteiger partial charge in [-0.3, -0.25) is 9.59 Å². The van der Waals surface area contributed by atoms with Crippen LogP contribution in [0.5, 0.6) is 0 Å². The van der Waals surface area contributed by atoms with Gasteiger partial charge in [0, 0.05) is 24.0 Å². The molecule has 1 unspecified atom stereocenters. The smallest absolute Gasteiger partial charge is 0.280 e. The third-order valence-corrected chi connectivity index (χ3v) is 6.10. The quantitative estimate of drug-likeness (QED) is 0.369. The zero-order chi connectivity index (χ0) is 26.7. The fourth-order valence-corrected chi connectivity index (χ4v) is 4.36. The Labute approximate surface area is 216 Å². The molecule has 0 saturated carbocycles. The summed E-state index contributed by atoms with van der Waals surface area (Å²) in [5.41, 5.74) is 7.14. The Morgan fingerprint density at radius 3 is 2.42 bits per heavy atom. The van der Waals surface area contributed by atoms with Gasteiger partial charge < -0.3 is 20.5 Å². The third kappa shape index (κ3) is 5.01. The van der Waals surface area contributed by atoms with Gasteiger partial charge in [-0.25, -0.2) is 18.4 Å². The summed E-state index contributed by atoms with van der Waals surface area (Å²) in [5.74, 6) is -4.61. The average Bonchev–Trinajstić information content (AvgIpc) is 3.60. The first-order chi connectivity index (χ1) is 18.4. The monoisotopic (exact) mass is 519 g/mol. The maximum atomic E-state index is 13.7. The van der Waals surface area contributed by atoms with E-state index in [0.29, 0.717) is 0 Å². The number of halogens is 2. The molecule has 1 fully saturated rings. The molecular formula is C27H23F2N5O4. The fraction of sp³-hybridized carbons (Fsp3) is 0.185. The number of amides is 2. The Bertz CT molecular complexity index is 1450. The van der Waals surface area contributed by atoms with Crippen molar-refractivity contribution in [1.82, 2.24) is 20.1 Å². The molecule has 2 aromatic heterocycles. The van der Waals surface area contributed by atoms with Crippen molar-refractivity contribution in [1.29, 1.82) is 0 Å². The lowest BCUT2D eigenvalue weighted by molar-refractivity contribution is -0.189. The van der Waals surface area contributed by atoms with Gasteiger partial charge in [0.1, 0.15) is 11.6 Å². The number of aromatic nitrogens is 3. The highest BCUT2D eigenvalue weighted by Crippen LogP contribution is 2.27. The van der Waals surface area contributed by atoms with E-state index in [9.17, 15) is 18.4 Å². The highest BCUT2D eigenvalue weighted by atomic mass is 19.1. The number of rotatable bonds is 8. The number of hydrogen-bond donors (Lipinski definition) is 2. The minimum Gasteiger partial charge on any atom is -0.365 e. The van der Waals surface area contributed by atoms with Crippen LogP contribution in [0, 0.1) is 11.6 Å². The minimum atomic E-state index is -1.85. The summed E-state index contributed by atoms with van der Waals surface area (Å²) >= 11 is 0. The first-order valence-corrected chi connectivity index (χ1v) is 11.8. The predicted octanol–water partition coefficient (Wildman–Crippen LogP) is 2.78. The van der Waals surface area contributed by atoms with Crippen LogP contribution in [0.25, 0.3) is 17.1 Å². The lowest BCUT2D eigenvalue weighted by Gasteiger charge is -2.33. The topological polar surface area (TPSA) is 121 Å². The van der Waals surface area contributed by atoms with Gasteiger partial charge in [-0.15, -0.1) is 0 Å². The minimum absolute atomic E-state index is 0.128. The molecule has 3 N–H and O–H groups in total. The molecule has 1 saturated heterocycles. The summed E-state index contributed by atoms with van der Waals surface area (Å²) in [6.07, 6.45) is 3.19. The molecule has 0 bridgehead atoms. The standard InChI is InChI=1S/C27H23F2N5O4/c28-19-14-18(15-20(29)16-19)22-8-10-34(33-22)24-21(7-4-9-31-24)25(35)32-23(13-17-5-2-1-3-6-17)27(26(30)36)37-11-12-38-27/h1-10,14-16,23H,11-13H2,(H2,30,36)(H,32,35). The van der Waals surface area contributed by atoms with Crippen molar-refractivity contribution >= 4 is 11.8 Å². The van der Waals surface area contributed by atoms with Crippen LogP contribution in [-0.4, -0.2) is 51.6 Å². The first-order valence-electron chi connectivity index (χ1n) is 11.8. The van der Waals surface area contributed by atoms with Gasteiger partial charge in [-0.05, 0) is 42.3 Å². The van der Waals surface area contributed by atoms with Gasteiger partial charge in [0.15, 0.2) is 5.82 Å². The summed E-state index contributed by atoms with van der Waals surface area (Å²) in [7, 11) is 0. The fourth-order valence-electron chi connectivity index (χ4n) is 4.36. The van der Waals surface area contributed by atoms with Crippen LogP contribution in [0.4, 0.5) is 8.78 Å². The van der Waals surface area contributed by atoms with E-state index < -0.39 is 35.3 Å². The lowest BCUT2D eigenvalue weighted by atomic mass is 9.97. The molecule has 0 spiro atoms. The van der Waals surface area contributed by atoms with Crippen molar-refractivity contribution < 1.29 is 27.8 Å². The summed E-state index contributed by atoms with van der Waals surface area (Å²) < 4.78 is 40.1. The molecule has 1 atom stereocenters. The molecule has 0 aliphatic carbocycles. The molecule has 1 aliphatic heterocycles. The normalized spacial score (nSPS) is 15.2. The Hall–Kier alpha value is -4.48. The van der Waals surface area contributed by atoms with Crippen LogP contribution >= 0.6 is 0 Å². The second-order valence-electron chi connectivity index (χ2n) is 8.62. The number of carbonyl (C=O) groups excluding carboxylic acids is 2. The molecule has 0 radical (unpaired) electrons. The van der Waals surface area contributed by atoms with Gasteiger partial charge in [-0.2, -0.15) is 5.10 Å². The van der Waals surface area contributed by atoms with Crippen LogP contribution in [0.3, 0.4) is 0 Å². The molecule has 9 nitrogen and oxygen atoms in total. The average molecular weight is 520 g/mol. The van der Waals surface area contributed by atoms with E-state index in [4.69, 9.17) is 15.2 Å². The number of ether oxygens (including phenoxy) is 2. The molecule has 4 aromatic rings. The van der Waals surface area contributed by atoms with Crippen LogP contribution < -0.4 is 11.1 Å². The molecule has 194 valence electrons. The van der Waals surface area contributed by atoms with E-state index in [-0.39, 0.29) is 42.3 Å². The molecule has 11 heteroatoms. The Morgan fingerprint density at radius 1 is 1.03 bits per heavy atom. The van der Waals surface area contributed by atoms with Crippen LogP contribution in [0.15, 0.2) is 79.1 Å². The maximum absolute atomic E-state index is 13.7. The van der Waals surface area contributed by atoms with E-state index in [0.717, 1.165) is 23.8 Å². The molecule has 3 heterocycles. The number of carbonyl (C=O) groups is 2. The Morgan fingerprint density at radius 2 is 1.74 bits per heavy atom. The summed E-state index contributed by atoms with van der Waals surface area (Å²) in [5, 5.41) is 7.20. The number of nitrogens with zero attached hydrogens (tertiary/aromatic N) is 3. The van der Waals surface area contributed by atoms with E-state index in [1.807, 2.05) is 30.3 Å². The third-order valence-electron chi connectivity index (χ3n) is 6.10. The van der Waals surface area contributed by atoms with Crippen molar-refractivity contribution in [2.24, 2.45) is 5.73 Å². The van der Waals surface area contributed by atoms with Gasteiger partial charge in [0.2, 0.25) is 0 Å². The largest absolute Gasteiger partial charge is 0.365 e. The van der Waals surface area contributed by atoms with Gasteiger partial charge in [-0.1, -0.05) is 30.3 Å². The zero-order valence-corrected chi connectivity index (χ0v) is 20.0. The molecule has 2 aromatic carbocycles. The first kappa shape index (κ1) is 25.2. The van der Waals surface area contributed by atoms with Crippen molar-refractivity contribution in [3.05, 3.63) is 102 Å². The number of hydrogen-bond acceptors (Lipinski definition) is 6. The summed E-state index contributed by atoms with van der Waals surface area (Å²) in [4.78, 5) is 30.4. The van der Waals surface area contributed by atoms with Crippen molar-refractivity contribution in [3.8, 4) is 17.1 Å².